The van der Waals surface area contributed by atoms with Gasteiger partial charge >= 0.3 is 12.0 Å². The van der Waals surface area contributed by atoms with Crippen LogP contribution in [0.3, 0.4) is 0 Å². The topological polar surface area (TPSA) is 120 Å². The van der Waals surface area contributed by atoms with Gasteiger partial charge in [-0.15, -0.1) is 0 Å². The average molecular weight is 350 g/mol. The van der Waals surface area contributed by atoms with Crippen LogP contribution >= 0.6 is 0 Å². The maximum absolute atomic E-state index is 12.4. The zero-order valence-electron chi connectivity index (χ0n) is 14.1. The Labute approximate surface area is 145 Å². The van der Waals surface area contributed by atoms with Crippen LogP contribution in [0.25, 0.3) is 0 Å². The van der Waals surface area contributed by atoms with Crippen molar-refractivity contribution in [2.24, 2.45) is 0 Å². The van der Waals surface area contributed by atoms with Gasteiger partial charge in [0.15, 0.2) is 0 Å². The standard InChI is InChI=1S/C16H22N4O5/c1-10(15(22)23)17-16(24)20-8-4-7-13(20)14(21)19-18-11-5-3-6-12(9-11)25-2/h3,5-6,9-10,13,18H,4,7-8H2,1-2H3,(H,17,24)(H,19,21)(H,22,23). The third-order valence-electron chi connectivity index (χ3n) is 3.93. The van der Waals surface area contributed by atoms with E-state index < -0.39 is 24.1 Å². The van der Waals surface area contributed by atoms with E-state index in [2.05, 4.69) is 16.2 Å². The molecule has 1 aromatic rings. The molecule has 9 nitrogen and oxygen atoms in total. The smallest absolute Gasteiger partial charge is 0.325 e. The Balaban J connectivity index is 1.93. The second kappa shape index (κ2) is 8.22. The van der Waals surface area contributed by atoms with Gasteiger partial charge in [-0.25, -0.2) is 4.79 Å². The van der Waals surface area contributed by atoms with Gasteiger partial charge in [0.05, 0.1) is 12.8 Å². The summed E-state index contributed by atoms with van der Waals surface area (Å²) < 4.78 is 5.10. The Morgan fingerprint density at radius 2 is 2.12 bits per heavy atom. The summed E-state index contributed by atoms with van der Waals surface area (Å²) in [6.45, 7) is 1.77. The number of amides is 3. The summed E-state index contributed by atoms with van der Waals surface area (Å²) >= 11 is 0. The summed E-state index contributed by atoms with van der Waals surface area (Å²) in [5, 5.41) is 11.2. The number of anilines is 1. The number of hydrogen-bond donors (Lipinski definition) is 4. The molecule has 1 fully saturated rings. The number of carbonyl (C=O) groups excluding carboxylic acids is 2. The minimum Gasteiger partial charge on any atom is -0.497 e. The van der Waals surface area contributed by atoms with E-state index >= 15 is 0 Å². The molecule has 9 heteroatoms. The number of benzene rings is 1. The number of carbonyl (C=O) groups is 3. The van der Waals surface area contributed by atoms with Crippen molar-refractivity contribution in [3.63, 3.8) is 0 Å². The highest BCUT2D eigenvalue weighted by molar-refractivity contribution is 5.89. The minimum absolute atomic E-state index is 0.363. The molecule has 0 aliphatic carbocycles. The largest absolute Gasteiger partial charge is 0.497 e. The van der Waals surface area contributed by atoms with E-state index in [9.17, 15) is 14.4 Å². The first-order chi connectivity index (χ1) is 11.9. The van der Waals surface area contributed by atoms with Crippen molar-refractivity contribution in [2.75, 3.05) is 19.1 Å². The summed E-state index contributed by atoms with van der Waals surface area (Å²) in [5.41, 5.74) is 5.99. The lowest BCUT2D eigenvalue weighted by Crippen LogP contribution is -2.53. The van der Waals surface area contributed by atoms with E-state index in [1.807, 2.05) is 0 Å². The Kier molecular flexibility index (Phi) is 6.04. The van der Waals surface area contributed by atoms with E-state index in [-0.39, 0.29) is 5.91 Å². The third kappa shape index (κ3) is 4.75. The second-order valence-electron chi connectivity index (χ2n) is 5.71. The summed E-state index contributed by atoms with van der Waals surface area (Å²) in [6.07, 6.45) is 1.19. The van der Waals surface area contributed by atoms with Crippen LogP contribution < -0.4 is 20.9 Å². The molecule has 0 bridgehead atoms. The molecule has 0 spiro atoms. The fourth-order valence-electron chi connectivity index (χ4n) is 2.53. The van der Waals surface area contributed by atoms with Crippen LogP contribution in [-0.2, 0) is 9.59 Å². The summed E-state index contributed by atoms with van der Waals surface area (Å²) in [6, 6.07) is 4.79. The Hall–Kier alpha value is -2.97. The average Bonchev–Trinajstić information content (AvgIpc) is 3.09. The lowest BCUT2D eigenvalue weighted by molar-refractivity contribution is -0.138. The van der Waals surface area contributed by atoms with Crippen LogP contribution in [0.5, 0.6) is 5.75 Å². The first-order valence-electron chi connectivity index (χ1n) is 7.92. The van der Waals surface area contributed by atoms with E-state index in [4.69, 9.17) is 9.84 Å². The Morgan fingerprint density at radius 1 is 1.36 bits per heavy atom. The molecule has 136 valence electrons. The first kappa shape index (κ1) is 18.4. The number of likely N-dealkylation sites (tertiary alicyclic amines) is 1. The van der Waals surface area contributed by atoms with E-state index in [1.54, 1.807) is 31.4 Å². The molecule has 0 aromatic heterocycles. The number of urea groups is 1. The number of rotatable bonds is 6. The number of hydrogen-bond acceptors (Lipinski definition) is 5. The highest BCUT2D eigenvalue weighted by Crippen LogP contribution is 2.19. The van der Waals surface area contributed by atoms with Gasteiger partial charge in [-0.1, -0.05) is 6.07 Å². The predicted octanol–water partition coefficient (Wildman–Crippen LogP) is 0.785. The molecule has 25 heavy (non-hydrogen) atoms. The number of nitrogens with zero attached hydrogens (tertiary/aromatic N) is 1. The summed E-state index contributed by atoms with van der Waals surface area (Å²) in [7, 11) is 1.55. The molecule has 1 saturated heterocycles. The summed E-state index contributed by atoms with van der Waals surface area (Å²) in [4.78, 5) is 36.7. The number of aliphatic carboxylic acids is 1. The molecular weight excluding hydrogens is 328 g/mol. The lowest BCUT2D eigenvalue weighted by atomic mass is 10.2. The van der Waals surface area contributed by atoms with E-state index in [1.165, 1.54) is 11.8 Å². The normalized spacial score (nSPS) is 17.5. The molecule has 1 aromatic carbocycles. The SMILES string of the molecule is COc1cccc(NNC(=O)C2CCCN2C(=O)NC(C)C(=O)O)c1. The molecule has 2 atom stereocenters. The molecule has 2 unspecified atom stereocenters. The molecule has 1 aliphatic rings. The number of carboxylic acids is 1. The van der Waals surface area contributed by atoms with Crippen molar-refractivity contribution < 1.29 is 24.2 Å². The number of hydrazine groups is 1. The number of carboxylic acid groups (broad SMARTS) is 1. The monoisotopic (exact) mass is 350 g/mol. The molecule has 3 amide bonds. The Morgan fingerprint density at radius 3 is 2.80 bits per heavy atom. The van der Waals surface area contributed by atoms with E-state index in [0.717, 1.165) is 0 Å². The molecule has 1 aliphatic heterocycles. The molecule has 1 heterocycles. The molecule has 4 N–H and O–H groups in total. The van der Waals surface area contributed by atoms with Gasteiger partial charge in [0.1, 0.15) is 17.8 Å². The van der Waals surface area contributed by atoms with Crippen molar-refractivity contribution in [1.29, 1.82) is 0 Å². The molecular formula is C16H22N4O5. The van der Waals surface area contributed by atoms with Crippen LogP contribution in [0.15, 0.2) is 24.3 Å². The quantitative estimate of drug-likeness (QED) is 0.563. The van der Waals surface area contributed by atoms with Gasteiger partial charge in [-0.2, -0.15) is 0 Å². The third-order valence-corrected chi connectivity index (χ3v) is 3.93. The van der Waals surface area contributed by atoms with Crippen LogP contribution in [0.2, 0.25) is 0 Å². The number of methoxy groups -OCH3 is 1. The lowest BCUT2D eigenvalue weighted by Gasteiger charge is -2.25. The Bertz CT molecular complexity index is 651. The van der Waals surface area contributed by atoms with Crippen LogP contribution in [0, 0.1) is 0 Å². The molecule has 2 rings (SSSR count). The van der Waals surface area contributed by atoms with Crippen molar-refractivity contribution in [3.05, 3.63) is 24.3 Å². The van der Waals surface area contributed by atoms with Gasteiger partial charge in [-0.3, -0.25) is 20.4 Å². The number of nitrogens with one attached hydrogen (secondary N) is 3. The highest BCUT2D eigenvalue weighted by atomic mass is 16.5. The highest BCUT2D eigenvalue weighted by Gasteiger charge is 2.35. The van der Waals surface area contributed by atoms with Crippen molar-refractivity contribution in [2.45, 2.75) is 31.8 Å². The first-order valence-corrected chi connectivity index (χ1v) is 7.92. The maximum Gasteiger partial charge on any atom is 0.325 e. The molecule has 0 saturated carbocycles. The molecule has 0 radical (unpaired) electrons. The summed E-state index contributed by atoms with van der Waals surface area (Å²) in [5.74, 6) is -0.851. The van der Waals surface area contributed by atoms with Crippen LogP contribution in [0.4, 0.5) is 10.5 Å². The van der Waals surface area contributed by atoms with Gasteiger partial charge in [-0.05, 0) is 31.9 Å². The van der Waals surface area contributed by atoms with Crippen LogP contribution in [-0.4, -0.2) is 53.7 Å². The number of ether oxygens (including phenoxy) is 1. The zero-order valence-corrected chi connectivity index (χ0v) is 14.1. The second-order valence-corrected chi connectivity index (χ2v) is 5.71. The maximum atomic E-state index is 12.4. The van der Waals surface area contributed by atoms with Crippen LogP contribution in [0.1, 0.15) is 19.8 Å². The predicted molar refractivity (Wildman–Crippen MR) is 90.1 cm³/mol. The fourth-order valence-corrected chi connectivity index (χ4v) is 2.53. The van der Waals surface area contributed by atoms with E-state index in [0.29, 0.717) is 30.8 Å². The van der Waals surface area contributed by atoms with Crippen molar-refractivity contribution in [3.8, 4) is 5.75 Å². The van der Waals surface area contributed by atoms with Gasteiger partial charge < -0.3 is 20.1 Å². The van der Waals surface area contributed by atoms with Crippen molar-refractivity contribution in [1.82, 2.24) is 15.6 Å². The van der Waals surface area contributed by atoms with Gasteiger partial charge in [0.25, 0.3) is 5.91 Å². The minimum atomic E-state index is -1.13. The van der Waals surface area contributed by atoms with Crippen molar-refractivity contribution >= 4 is 23.6 Å². The van der Waals surface area contributed by atoms with Gasteiger partial charge in [0.2, 0.25) is 0 Å². The van der Waals surface area contributed by atoms with Gasteiger partial charge in [0, 0.05) is 12.6 Å². The fraction of sp³-hybridized carbons (Fsp3) is 0.438. The zero-order chi connectivity index (χ0) is 18.4.